The molecule has 0 amide bonds. The highest BCUT2D eigenvalue weighted by atomic mass is 32.2. The molecule has 3 aromatic carbocycles. The van der Waals surface area contributed by atoms with Crippen molar-refractivity contribution in [1.29, 1.82) is 0 Å². The second-order valence-electron chi connectivity index (χ2n) is 11.3. The van der Waals surface area contributed by atoms with Crippen LogP contribution in [0.25, 0.3) is 0 Å². The van der Waals surface area contributed by atoms with Gasteiger partial charge in [0.1, 0.15) is 5.82 Å². The number of sulfonamides is 1. The molecular formula is C33H36FN3O6S3. The van der Waals surface area contributed by atoms with Crippen molar-refractivity contribution in [3.8, 4) is 0 Å². The van der Waals surface area contributed by atoms with Crippen LogP contribution in [0.3, 0.4) is 0 Å². The van der Waals surface area contributed by atoms with Crippen LogP contribution in [0.2, 0.25) is 0 Å². The van der Waals surface area contributed by atoms with Crippen molar-refractivity contribution in [2.75, 3.05) is 21.7 Å². The molecular weight excluding hydrogens is 650 g/mol. The van der Waals surface area contributed by atoms with Crippen LogP contribution in [0.15, 0.2) is 78.2 Å². The van der Waals surface area contributed by atoms with E-state index < -0.39 is 33.1 Å². The lowest BCUT2D eigenvalue weighted by molar-refractivity contribution is 0.0697. The number of unbranched alkanes of at least 4 members (excludes halogenated alkanes) is 1. The Labute approximate surface area is 275 Å². The third kappa shape index (κ3) is 8.58. The maximum Gasteiger partial charge on any atom is 0.337 e. The van der Waals surface area contributed by atoms with Crippen molar-refractivity contribution < 1.29 is 31.5 Å². The average molecular weight is 686 g/mol. The van der Waals surface area contributed by atoms with Crippen LogP contribution in [0.1, 0.15) is 70.2 Å². The van der Waals surface area contributed by atoms with Gasteiger partial charge in [0, 0.05) is 30.8 Å². The first-order valence-electron chi connectivity index (χ1n) is 15.1. The molecule has 244 valence electrons. The molecule has 46 heavy (non-hydrogen) atoms. The van der Waals surface area contributed by atoms with Gasteiger partial charge in [-0.15, -0.1) is 11.3 Å². The molecule has 1 saturated carbocycles. The van der Waals surface area contributed by atoms with E-state index in [9.17, 15) is 31.5 Å². The lowest BCUT2D eigenvalue weighted by Gasteiger charge is -2.27. The second kappa shape index (κ2) is 15.3. The molecule has 0 saturated heterocycles. The number of aromatic nitrogens is 1. The van der Waals surface area contributed by atoms with E-state index in [4.69, 9.17) is 4.98 Å². The van der Waals surface area contributed by atoms with Crippen molar-refractivity contribution in [1.82, 2.24) is 4.98 Å². The van der Waals surface area contributed by atoms with Crippen LogP contribution in [0.4, 0.5) is 15.8 Å². The zero-order valence-electron chi connectivity index (χ0n) is 25.1. The number of nitrogens with zero attached hydrogens (tertiary/aromatic N) is 3. The molecule has 0 spiro atoms. The van der Waals surface area contributed by atoms with Crippen LogP contribution < -0.4 is 8.61 Å². The third-order valence-electron chi connectivity index (χ3n) is 8.08. The summed E-state index contributed by atoms with van der Waals surface area (Å²) in [6, 6.07) is 18.5. The molecule has 4 aromatic rings. The smallest absolute Gasteiger partial charge is 0.337 e. The largest absolute Gasteiger partial charge is 0.478 e. The molecule has 5 rings (SSSR count). The number of aryl methyl sites for hydroxylation is 2. The first kappa shape index (κ1) is 33.7. The summed E-state index contributed by atoms with van der Waals surface area (Å²) in [7, 11) is -4.05. The van der Waals surface area contributed by atoms with E-state index in [0.717, 1.165) is 21.3 Å². The number of hydrogen-bond acceptors (Lipinski definition) is 6. The summed E-state index contributed by atoms with van der Waals surface area (Å²) in [6.07, 6.45) is 5.71. The molecule has 9 nitrogen and oxygen atoms in total. The van der Waals surface area contributed by atoms with Gasteiger partial charge in [0.15, 0.2) is 0 Å². The summed E-state index contributed by atoms with van der Waals surface area (Å²) in [5, 5.41) is 13.1. The van der Waals surface area contributed by atoms with Gasteiger partial charge < -0.3 is 5.11 Å². The SMILES string of the molecule is O=C(O)c1ccccc1N(CCCCN(c1ccc(F)cc1)S(=O)O)S(=O)(=O)Cc1cccc(CCc2nc(C3CCC3)cs2)c1. The van der Waals surface area contributed by atoms with Gasteiger partial charge in [0.05, 0.1) is 33.4 Å². The molecule has 1 fully saturated rings. The summed E-state index contributed by atoms with van der Waals surface area (Å²) in [4.78, 5) is 16.9. The van der Waals surface area contributed by atoms with E-state index in [0.29, 0.717) is 30.0 Å². The third-order valence-corrected chi connectivity index (χ3v) is 11.5. The molecule has 0 bridgehead atoms. The highest BCUT2D eigenvalue weighted by Crippen LogP contribution is 2.36. The average Bonchev–Trinajstić information content (AvgIpc) is 3.45. The van der Waals surface area contributed by atoms with Gasteiger partial charge >= 0.3 is 5.97 Å². The van der Waals surface area contributed by atoms with E-state index in [-0.39, 0.29) is 36.5 Å². The van der Waals surface area contributed by atoms with Crippen LogP contribution in [-0.4, -0.2) is 46.3 Å². The highest BCUT2D eigenvalue weighted by Gasteiger charge is 2.27. The monoisotopic (exact) mass is 685 g/mol. The second-order valence-corrected chi connectivity index (χ2v) is 15.0. The molecule has 2 N–H and O–H groups in total. The van der Waals surface area contributed by atoms with E-state index in [2.05, 4.69) is 5.38 Å². The van der Waals surface area contributed by atoms with Crippen molar-refractivity contribution in [2.24, 2.45) is 0 Å². The number of carboxylic acids is 1. The molecule has 1 aromatic heterocycles. The molecule has 1 aliphatic carbocycles. The number of carboxylic acid groups (broad SMARTS) is 1. The molecule has 1 heterocycles. The van der Waals surface area contributed by atoms with Crippen LogP contribution in [-0.2, 0) is 39.9 Å². The van der Waals surface area contributed by atoms with E-state index in [1.807, 2.05) is 18.2 Å². The van der Waals surface area contributed by atoms with Crippen LogP contribution in [0.5, 0.6) is 0 Å². The summed E-state index contributed by atoms with van der Waals surface area (Å²) in [6.45, 7) is 0.0432. The number of aromatic carboxylic acids is 1. The molecule has 1 atom stereocenters. The van der Waals surface area contributed by atoms with Crippen molar-refractivity contribution in [2.45, 2.75) is 56.6 Å². The molecule has 0 radical (unpaired) electrons. The van der Waals surface area contributed by atoms with E-state index >= 15 is 0 Å². The zero-order valence-corrected chi connectivity index (χ0v) is 27.6. The highest BCUT2D eigenvalue weighted by molar-refractivity contribution is 7.92. The number of halogens is 1. The summed E-state index contributed by atoms with van der Waals surface area (Å²) < 4.78 is 65.3. The van der Waals surface area contributed by atoms with Crippen molar-refractivity contribution in [3.63, 3.8) is 0 Å². The predicted molar refractivity (Wildman–Crippen MR) is 180 cm³/mol. The molecule has 13 heteroatoms. The van der Waals surface area contributed by atoms with Gasteiger partial charge in [-0.3, -0.25) is 13.2 Å². The Bertz CT molecular complexity index is 1780. The Morgan fingerprint density at radius 1 is 0.978 bits per heavy atom. The first-order valence-corrected chi connectivity index (χ1v) is 18.6. The summed E-state index contributed by atoms with van der Waals surface area (Å²) in [5.74, 6) is -1.48. The van der Waals surface area contributed by atoms with Crippen molar-refractivity contribution in [3.05, 3.63) is 111 Å². The number of thiazole rings is 1. The maximum absolute atomic E-state index is 13.9. The minimum atomic E-state index is -4.05. The van der Waals surface area contributed by atoms with Crippen LogP contribution >= 0.6 is 11.3 Å². The number of anilines is 2. The number of para-hydroxylation sites is 1. The van der Waals surface area contributed by atoms with Gasteiger partial charge in [-0.05, 0) is 79.6 Å². The quantitative estimate of drug-likeness (QED) is 0.0982. The van der Waals surface area contributed by atoms with E-state index in [1.54, 1.807) is 23.5 Å². The van der Waals surface area contributed by atoms with Crippen molar-refractivity contribution >= 4 is 50.0 Å². The van der Waals surface area contributed by atoms with Gasteiger partial charge in [-0.2, -0.15) is 0 Å². The Hall–Kier alpha value is -3.65. The fraction of sp³-hybridized carbons (Fsp3) is 0.333. The minimum Gasteiger partial charge on any atom is -0.478 e. The fourth-order valence-electron chi connectivity index (χ4n) is 5.44. The predicted octanol–water partition coefficient (Wildman–Crippen LogP) is 6.79. The van der Waals surface area contributed by atoms with Gasteiger partial charge in [0.2, 0.25) is 10.0 Å². The normalized spacial score (nSPS) is 14.0. The Morgan fingerprint density at radius 2 is 1.70 bits per heavy atom. The fourth-order valence-corrected chi connectivity index (χ4v) is 8.53. The number of carbonyl (C=O) groups is 1. The Kier molecular flexibility index (Phi) is 11.2. The van der Waals surface area contributed by atoms with E-state index in [1.165, 1.54) is 71.7 Å². The number of hydrogen-bond donors (Lipinski definition) is 2. The standard InChI is InChI=1S/C33H36FN3O6S3/c34-27-14-16-28(17-15-27)36(45(40)41)19-3-4-20-37(31-12-2-1-11-29(31)33(38)39)46(42,43)23-25-8-5-7-24(21-25)13-18-32-35-30(22-44-32)26-9-6-10-26/h1-2,5,7-8,11-12,14-17,21-22,26H,3-4,6,9-10,13,18-20,23H2,(H,38,39)(H,40,41). The lowest BCUT2D eigenvalue weighted by atomic mass is 9.83. The maximum atomic E-state index is 13.9. The van der Waals surface area contributed by atoms with Crippen LogP contribution in [0, 0.1) is 5.82 Å². The topological polar surface area (TPSA) is 128 Å². The Balaban J connectivity index is 1.29. The zero-order chi connectivity index (χ0) is 32.7. The summed E-state index contributed by atoms with van der Waals surface area (Å²) >= 11 is -0.715. The Morgan fingerprint density at radius 3 is 2.39 bits per heavy atom. The lowest BCUT2D eigenvalue weighted by Crippen LogP contribution is -2.35. The minimum absolute atomic E-state index is 0.0466. The van der Waals surface area contributed by atoms with Gasteiger partial charge in [-0.1, -0.05) is 42.8 Å². The molecule has 1 aliphatic rings. The summed E-state index contributed by atoms with van der Waals surface area (Å²) in [5.41, 5.74) is 3.01. The van der Waals surface area contributed by atoms with Gasteiger partial charge in [0.25, 0.3) is 11.3 Å². The number of benzene rings is 3. The molecule has 1 unspecified atom stereocenters. The first-order chi connectivity index (χ1) is 22.1. The van der Waals surface area contributed by atoms with Gasteiger partial charge in [-0.25, -0.2) is 26.8 Å². The number of rotatable bonds is 16. The molecule has 0 aliphatic heterocycles.